The second-order valence-electron chi connectivity index (χ2n) is 3.17. The van der Waals surface area contributed by atoms with Gasteiger partial charge in [0.05, 0.1) is 4.90 Å². The molecular weight excluding hydrogens is 226 g/mol. The lowest BCUT2D eigenvalue weighted by Crippen LogP contribution is -2.30. The normalized spacial score (nSPS) is 10.8. The maximum absolute atomic E-state index is 11.6. The van der Waals surface area contributed by atoms with Crippen LogP contribution in [0.3, 0.4) is 0 Å². The number of hydrogen-bond acceptors (Lipinski definition) is 3. The Morgan fingerprint density at radius 3 is 2.50 bits per heavy atom. The van der Waals surface area contributed by atoms with Gasteiger partial charge in [-0.2, -0.15) is 0 Å². The molecule has 0 aromatic heterocycles. The van der Waals surface area contributed by atoms with Crippen molar-refractivity contribution in [2.75, 3.05) is 0 Å². The molecule has 0 heterocycles. The summed E-state index contributed by atoms with van der Waals surface area (Å²) in [4.78, 5) is 11.3. The molecule has 4 nitrogen and oxygen atoms in total. The van der Waals surface area contributed by atoms with Crippen molar-refractivity contribution in [3.05, 3.63) is 43.0 Å². The standard InChI is InChI=1S/C11H13NO3S/c1-2-3-9-11(13)12-16(14,15)10-7-5-4-6-8-10/h2,4-8H,1,3,9H2,(H,12,13). The zero-order valence-corrected chi connectivity index (χ0v) is 9.53. The number of allylic oxidation sites excluding steroid dienone is 1. The number of nitrogens with one attached hydrogen (secondary N) is 1. The van der Waals surface area contributed by atoms with E-state index in [9.17, 15) is 13.2 Å². The first-order valence-electron chi connectivity index (χ1n) is 4.78. The van der Waals surface area contributed by atoms with Gasteiger partial charge >= 0.3 is 0 Å². The Balaban J connectivity index is 2.73. The van der Waals surface area contributed by atoms with Crippen LogP contribution in [-0.2, 0) is 14.8 Å². The second kappa shape index (κ2) is 5.46. The van der Waals surface area contributed by atoms with Crippen LogP contribution >= 0.6 is 0 Å². The van der Waals surface area contributed by atoms with E-state index in [0.29, 0.717) is 6.42 Å². The number of rotatable bonds is 5. The molecule has 0 atom stereocenters. The van der Waals surface area contributed by atoms with Gasteiger partial charge in [-0.25, -0.2) is 13.1 Å². The van der Waals surface area contributed by atoms with Crippen molar-refractivity contribution in [3.63, 3.8) is 0 Å². The number of hydrogen-bond donors (Lipinski definition) is 1. The highest BCUT2D eigenvalue weighted by Gasteiger charge is 2.15. The average Bonchev–Trinajstić information content (AvgIpc) is 2.27. The molecule has 0 aliphatic carbocycles. The van der Waals surface area contributed by atoms with Crippen LogP contribution in [-0.4, -0.2) is 14.3 Å². The quantitative estimate of drug-likeness (QED) is 0.791. The molecule has 0 aliphatic rings. The van der Waals surface area contributed by atoms with Crippen molar-refractivity contribution < 1.29 is 13.2 Å². The molecule has 0 aliphatic heterocycles. The maximum Gasteiger partial charge on any atom is 0.264 e. The van der Waals surface area contributed by atoms with Crippen molar-refractivity contribution in [2.45, 2.75) is 17.7 Å². The van der Waals surface area contributed by atoms with Crippen molar-refractivity contribution in [3.8, 4) is 0 Å². The van der Waals surface area contributed by atoms with Gasteiger partial charge in [0.2, 0.25) is 5.91 Å². The van der Waals surface area contributed by atoms with E-state index in [1.807, 2.05) is 4.72 Å². The van der Waals surface area contributed by atoms with Crippen LogP contribution in [0.25, 0.3) is 0 Å². The third-order valence-corrected chi connectivity index (χ3v) is 3.27. The Hall–Kier alpha value is -1.62. The summed E-state index contributed by atoms with van der Waals surface area (Å²) >= 11 is 0. The zero-order chi connectivity index (χ0) is 12.0. The molecule has 86 valence electrons. The fourth-order valence-corrected chi connectivity index (χ4v) is 2.13. The van der Waals surface area contributed by atoms with Gasteiger partial charge in [-0.05, 0) is 18.6 Å². The number of carbonyl (C=O) groups is 1. The Kier molecular flexibility index (Phi) is 4.25. The summed E-state index contributed by atoms with van der Waals surface area (Å²) in [6.45, 7) is 3.46. The Labute approximate surface area is 95.0 Å². The van der Waals surface area contributed by atoms with Gasteiger partial charge in [-0.1, -0.05) is 24.3 Å². The van der Waals surface area contributed by atoms with E-state index < -0.39 is 15.9 Å². The topological polar surface area (TPSA) is 63.2 Å². The summed E-state index contributed by atoms with van der Waals surface area (Å²) in [7, 11) is -3.72. The minimum absolute atomic E-state index is 0.0851. The molecule has 1 aromatic carbocycles. The van der Waals surface area contributed by atoms with Crippen LogP contribution in [0.1, 0.15) is 12.8 Å². The van der Waals surface area contributed by atoms with Crippen LogP contribution in [0.2, 0.25) is 0 Å². The first-order chi connectivity index (χ1) is 7.56. The predicted octanol–water partition coefficient (Wildman–Crippen LogP) is 1.46. The lowest BCUT2D eigenvalue weighted by molar-refractivity contribution is -0.119. The van der Waals surface area contributed by atoms with Gasteiger partial charge in [0.25, 0.3) is 10.0 Å². The fraction of sp³-hybridized carbons (Fsp3) is 0.182. The van der Waals surface area contributed by atoms with E-state index in [1.54, 1.807) is 24.3 Å². The maximum atomic E-state index is 11.6. The van der Waals surface area contributed by atoms with E-state index in [1.165, 1.54) is 12.1 Å². The fourth-order valence-electron chi connectivity index (χ4n) is 1.09. The number of benzene rings is 1. The van der Waals surface area contributed by atoms with Gasteiger partial charge in [0, 0.05) is 6.42 Å². The summed E-state index contributed by atoms with van der Waals surface area (Å²) in [5, 5.41) is 0. The van der Waals surface area contributed by atoms with Gasteiger partial charge in [0.15, 0.2) is 0 Å². The molecule has 5 heteroatoms. The summed E-state index contributed by atoms with van der Waals surface area (Å²) in [5.74, 6) is -0.524. The van der Waals surface area contributed by atoms with Crippen LogP contribution in [0.4, 0.5) is 0 Å². The molecule has 0 saturated heterocycles. The minimum atomic E-state index is -3.72. The molecule has 1 aromatic rings. The Bertz CT molecular complexity index is 465. The largest absolute Gasteiger partial charge is 0.274 e. The highest BCUT2D eigenvalue weighted by molar-refractivity contribution is 7.90. The van der Waals surface area contributed by atoms with E-state index in [-0.39, 0.29) is 11.3 Å². The van der Waals surface area contributed by atoms with Crippen LogP contribution in [0, 0.1) is 0 Å². The zero-order valence-electron chi connectivity index (χ0n) is 8.72. The van der Waals surface area contributed by atoms with Crippen molar-refractivity contribution >= 4 is 15.9 Å². The van der Waals surface area contributed by atoms with Crippen LogP contribution < -0.4 is 4.72 Å². The molecule has 0 unspecified atom stereocenters. The molecule has 0 spiro atoms. The van der Waals surface area contributed by atoms with E-state index in [4.69, 9.17) is 0 Å². The first kappa shape index (κ1) is 12.4. The summed E-state index contributed by atoms with van der Waals surface area (Å²) < 4.78 is 25.3. The number of amides is 1. The lowest BCUT2D eigenvalue weighted by atomic mass is 10.3. The van der Waals surface area contributed by atoms with Gasteiger partial charge < -0.3 is 0 Å². The van der Waals surface area contributed by atoms with Crippen molar-refractivity contribution in [1.82, 2.24) is 4.72 Å². The summed E-state index contributed by atoms with van der Waals surface area (Å²) in [5.41, 5.74) is 0. The average molecular weight is 239 g/mol. The van der Waals surface area contributed by atoms with Gasteiger partial charge in [-0.15, -0.1) is 6.58 Å². The molecule has 0 bridgehead atoms. The van der Waals surface area contributed by atoms with Gasteiger partial charge in [0.1, 0.15) is 0 Å². The molecule has 1 amide bonds. The first-order valence-corrected chi connectivity index (χ1v) is 6.26. The molecule has 0 saturated carbocycles. The molecule has 16 heavy (non-hydrogen) atoms. The highest BCUT2D eigenvalue weighted by atomic mass is 32.2. The summed E-state index contributed by atoms with van der Waals surface area (Å²) in [6, 6.07) is 7.77. The monoisotopic (exact) mass is 239 g/mol. The third-order valence-electron chi connectivity index (χ3n) is 1.88. The van der Waals surface area contributed by atoms with Crippen molar-refractivity contribution in [1.29, 1.82) is 0 Å². The Morgan fingerprint density at radius 1 is 1.31 bits per heavy atom. The molecule has 1 rings (SSSR count). The predicted molar refractivity (Wildman–Crippen MR) is 61.2 cm³/mol. The number of sulfonamides is 1. The van der Waals surface area contributed by atoms with Crippen LogP contribution in [0.5, 0.6) is 0 Å². The molecule has 0 radical (unpaired) electrons. The molecule has 0 fully saturated rings. The highest BCUT2D eigenvalue weighted by Crippen LogP contribution is 2.07. The molecular formula is C11H13NO3S. The Morgan fingerprint density at radius 2 is 1.94 bits per heavy atom. The van der Waals surface area contributed by atoms with E-state index in [2.05, 4.69) is 6.58 Å². The second-order valence-corrected chi connectivity index (χ2v) is 4.85. The third kappa shape index (κ3) is 3.51. The van der Waals surface area contributed by atoms with Crippen LogP contribution in [0.15, 0.2) is 47.9 Å². The van der Waals surface area contributed by atoms with E-state index >= 15 is 0 Å². The smallest absolute Gasteiger partial charge is 0.264 e. The van der Waals surface area contributed by atoms with E-state index in [0.717, 1.165) is 0 Å². The lowest BCUT2D eigenvalue weighted by Gasteiger charge is -2.05. The summed E-state index contributed by atoms with van der Waals surface area (Å²) in [6.07, 6.45) is 2.14. The van der Waals surface area contributed by atoms with Gasteiger partial charge in [-0.3, -0.25) is 4.79 Å². The molecule has 1 N–H and O–H groups in total. The minimum Gasteiger partial charge on any atom is -0.274 e. The van der Waals surface area contributed by atoms with Crippen molar-refractivity contribution in [2.24, 2.45) is 0 Å². The number of carbonyl (C=O) groups excluding carboxylic acids is 1. The SMILES string of the molecule is C=CCCC(=O)NS(=O)(=O)c1ccccc1.